The van der Waals surface area contributed by atoms with E-state index in [9.17, 15) is 0 Å². The first-order chi connectivity index (χ1) is 13.8. The van der Waals surface area contributed by atoms with Crippen LogP contribution in [-0.4, -0.2) is 23.5 Å². The van der Waals surface area contributed by atoms with Crippen LogP contribution in [0.2, 0.25) is 0 Å². The van der Waals surface area contributed by atoms with Gasteiger partial charge >= 0.3 is 0 Å². The Labute approximate surface area is 193 Å². The molecule has 1 aliphatic rings. The summed E-state index contributed by atoms with van der Waals surface area (Å²) < 4.78 is 5.43. The maximum atomic E-state index is 5.43. The molecule has 1 aromatic carbocycles. The van der Waals surface area contributed by atoms with Gasteiger partial charge in [-0.05, 0) is 49.4 Å². The fourth-order valence-corrected chi connectivity index (χ4v) is 4.26. The second-order valence-corrected chi connectivity index (χ2v) is 8.46. The van der Waals surface area contributed by atoms with Crippen LogP contribution in [0, 0.1) is 6.92 Å². The first kappa shape index (κ1) is 21.8. The molecule has 0 radical (unpaired) electrons. The number of rotatable bonds is 6. The van der Waals surface area contributed by atoms with Crippen LogP contribution in [0.4, 0.5) is 0 Å². The zero-order chi connectivity index (χ0) is 19.2. The summed E-state index contributed by atoms with van der Waals surface area (Å²) in [4.78, 5) is 10.4. The highest BCUT2D eigenvalue weighted by atomic mass is 127. The maximum absolute atomic E-state index is 5.43. The minimum atomic E-state index is 0. The Morgan fingerprint density at radius 3 is 2.86 bits per heavy atom. The van der Waals surface area contributed by atoms with Gasteiger partial charge in [-0.15, -0.1) is 35.3 Å². The Kier molecular flexibility index (Phi) is 8.11. The molecule has 1 unspecified atom stereocenters. The molecular formula is C22H27IN4OS. The van der Waals surface area contributed by atoms with Crippen molar-refractivity contribution in [2.24, 2.45) is 4.99 Å². The number of aliphatic imine (C=N–C) groups is 1. The quantitative estimate of drug-likeness (QED) is 0.285. The van der Waals surface area contributed by atoms with E-state index in [0.29, 0.717) is 12.6 Å². The lowest BCUT2D eigenvalue weighted by molar-refractivity contribution is 0.501. The minimum Gasteiger partial charge on any atom is -0.469 e. The van der Waals surface area contributed by atoms with Gasteiger partial charge in [0.15, 0.2) is 5.96 Å². The van der Waals surface area contributed by atoms with Gasteiger partial charge in [-0.25, -0.2) is 9.98 Å². The normalized spacial score (nSPS) is 16.0. The third kappa shape index (κ3) is 6.30. The van der Waals surface area contributed by atoms with Gasteiger partial charge in [-0.3, -0.25) is 0 Å². The fraction of sp³-hybridized carbons (Fsp3) is 0.364. The molecule has 0 saturated heterocycles. The van der Waals surface area contributed by atoms with E-state index in [-0.39, 0.29) is 24.0 Å². The summed E-state index contributed by atoms with van der Waals surface area (Å²) >= 11 is 1.70. The summed E-state index contributed by atoms with van der Waals surface area (Å²) in [5.74, 6) is 1.83. The standard InChI is InChI=1S/C22H26N4OS.HI/c1-16-14-24-21(28-16)15-25-22(23-11-10-20-7-4-12-27-20)26-19-9-8-17-5-2-3-6-18(17)13-19;/h2-7,12,14,19H,8-11,13,15H2,1H3,(H2,23,25,26);1H. The minimum absolute atomic E-state index is 0. The zero-order valence-corrected chi connectivity index (χ0v) is 19.7. The van der Waals surface area contributed by atoms with E-state index < -0.39 is 0 Å². The first-order valence-corrected chi connectivity index (χ1v) is 10.6. The Balaban J connectivity index is 0.00000240. The van der Waals surface area contributed by atoms with E-state index in [2.05, 4.69) is 46.8 Å². The summed E-state index contributed by atoms with van der Waals surface area (Å²) in [7, 11) is 0. The Hall–Kier alpha value is -1.87. The van der Waals surface area contributed by atoms with Crippen LogP contribution in [-0.2, 0) is 25.8 Å². The van der Waals surface area contributed by atoms with Crippen LogP contribution >= 0.6 is 35.3 Å². The van der Waals surface area contributed by atoms with Crippen molar-refractivity contribution >= 4 is 41.3 Å². The van der Waals surface area contributed by atoms with Crippen LogP contribution in [0.5, 0.6) is 0 Å². The van der Waals surface area contributed by atoms with E-state index >= 15 is 0 Å². The highest BCUT2D eigenvalue weighted by molar-refractivity contribution is 14.0. The number of benzene rings is 1. The molecule has 154 valence electrons. The van der Waals surface area contributed by atoms with Gasteiger partial charge in [-0.1, -0.05) is 24.3 Å². The summed E-state index contributed by atoms with van der Waals surface area (Å²) in [6.45, 7) is 3.45. The molecule has 4 rings (SSSR count). The number of halogens is 1. The largest absolute Gasteiger partial charge is 0.469 e. The van der Waals surface area contributed by atoms with E-state index in [4.69, 9.17) is 9.41 Å². The molecule has 2 aromatic heterocycles. The van der Waals surface area contributed by atoms with Gasteiger partial charge in [0.1, 0.15) is 10.8 Å². The molecule has 0 spiro atoms. The Morgan fingerprint density at radius 2 is 2.10 bits per heavy atom. The zero-order valence-electron chi connectivity index (χ0n) is 16.6. The van der Waals surface area contributed by atoms with Gasteiger partial charge in [0.25, 0.3) is 0 Å². The second kappa shape index (κ2) is 10.8. The molecular weight excluding hydrogens is 495 g/mol. The van der Waals surface area contributed by atoms with Crippen molar-refractivity contribution in [1.29, 1.82) is 0 Å². The maximum Gasteiger partial charge on any atom is 0.191 e. The molecule has 1 aliphatic carbocycles. The number of guanidine groups is 1. The SMILES string of the molecule is Cc1cnc(CN=C(NCCc2ccco2)NC2CCc3ccccc3C2)s1.I. The predicted molar refractivity (Wildman–Crippen MR) is 129 cm³/mol. The third-order valence-electron chi connectivity index (χ3n) is 4.97. The molecule has 2 heterocycles. The number of hydrogen-bond acceptors (Lipinski definition) is 4. The van der Waals surface area contributed by atoms with Crippen molar-refractivity contribution in [3.05, 3.63) is 75.6 Å². The average Bonchev–Trinajstić information content (AvgIpc) is 3.37. The van der Waals surface area contributed by atoms with Crippen LogP contribution in [0.15, 0.2) is 58.3 Å². The van der Waals surface area contributed by atoms with E-state index in [1.54, 1.807) is 17.6 Å². The summed E-state index contributed by atoms with van der Waals surface area (Å²) in [6.07, 6.45) is 7.71. The Morgan fingerprint density at radius 1 is 1.24 bits per heavy atom. The first-order valence-electron chi connectivity index (χ1n) is 9.81. The number of furan rings is 1. The molecule has 0 saturated carbocycles. The molecule has 1 atom stereocenters. The van der Waals surface area contributed by atoms with E-state index in [1.807, 2.05) is 18.3 Å². The highest BCUT2D eigenvalue weighted by Gasteiger charge is 2.19. The number of nitrogens with zero attached hydrogens (tertiary/aromatic N) is 2. The van der Waals surface area contributed by atoms with Gasteiger partial charge in [0, 0.05) is 30.1 Å². The van der Waals surface area contributed by atoms with Gasteiger partial charge in [0.05, 0.1) is 12.8 Å². The van der Waals surface area contributed by atoms with Gasteiger partial charge in [0.2, 0.25) is 0 Å². The summed E-state index contributed by atoms with van der Waals surface area (Å²) in [5, 5.41) is 8.14. The van der Waals surface area contributed by atoms with Crippen molar-refractivity contribution < 1.29 is 4.42 Å². The van der Waals surface area contributed by atoms with Crippen LogP contribution in [0.25, 0.3) is 0 Å². The van der Waals surface area contributed by atoms with E-state index in [1.165, 1.54) is 16.0 Å². The average molecular weight is 522 g/mol. The van der Waals surface area contributed by atoms with Crippen LogP contribution in [0.3, 0.4) is 0 Å². The van der Waals surface area contributed by atoms with E-state index in [0.717, 1.165) is 49.0 Å². The number of aromatic nitrogens is 1. The number of fused-ring (bicyclic) bond motifs is 1. The van der Waals surface area contributed by atoms with Gasteiger partial charge < -0.3 is 15.1 Å². The molecule has 0 amide bonds. The number of nitrogens with one attached hydrogen (secondary N) is 2. The lowest BCUT2D eigenvalue weighted by Crippen LogP contribution is -2.46. The summed E-state index contributed by atoms with van der Waals surface area (Å²) in [6, 6.07) is 13.1. The molecule has 0 fully saturated rings. The molecule has 0 aliphatic heterocycles. The van der Waals surface area contributed by atoms with Crippen LogP contribution < -0.4 is 10.6 Å². The molecule has 7 heteroatoms. The lowest BCUT2D eigenvalue weighted by Gasteiger charge is -2.27. The molecule has 5 nitrogen and oxygen atoms in total. The van der Waals surface area contributed by atoms with Crippen LogP contribution in [0.1, 0.15) is 33.2 Å². The number of hydrogen-bond donors (Lipinski definition) is 2. The van der Waals surface area contributed by atoms with Crippen molar-refractivity contribution in [3.63, 3.8) is 0 Å². The number of aryl methyl sites for hydroxylation is 2. The highest BCUT2D eigenvalue weighted by Crippen LogP contribution is 2.21. The molecule has 3 aromatic rings. The van der Waals surface area contributed by atoms with Gasteiger partial charge in [-0.2, -0.15) is 0 Å². The molecule has 29 heavy (non-hydrogen) atoms. The Bertz CT molecular complexity index is 923. The predicted octanol–water partition coefficient (Wildman–Crippen LogP) is 4.50. The van der Waals surface area contributed by atoms with Crippen molar-refractivity contribution in [1.82, 2.24) is 15.6 Å². The topological polar surface area (TPSA) is 62.5 Å². The second-order valence-electron chi connectivity index (χ2n) is 7.14. The lowest BCUT2D eigenvalue weighted by atomic mass is 9.88. The third-order valence-corrected chi connectivity index (χ3v) is 5.87. The number of thiazole rings is 1. The summed E-state index contributed by atoms with van der Waals surface area (Å²) in [5.41, 5.74) is 2.92. The fourth-order valence-electron chi connectivity index (χ4n) is 3.55. The monoisotopic (exact) mass is 522 g/mol. The van der Waals surface area contributed by atoms with Crippen molar-refractivity contribution in [2.75, 3.05) is 6.54 Å². The van der Waals surface area contributed by atoms with Crippen molar-refractivity contribution in [3.8, 4) is 0 Å². The smallest absolute Gasteiger partial charge is 0.191 e. The molecule has 2 N–H and O–H groups in total. The molecule has 0 bridgehead atoms. The van der Waals surface area contributed by atoms with Crippen molar-refractivity contribution in [2.45, 2.75) is 45.2 Å².